The van der Waals surface area contributed by atoms with Crippen LogP contribution in [0.15, 0.2) is 83.8 Å². The third-order valence-electron chi connectivity index (χ3n) is 5.20. The Bertz CT molecular complexity index is 1390. The summed E-state index contributed by atoms with van der Waals surface area (Å²) in [5.41, 5.74) is -0.788. The van der Waals surface area contributed by atoms with E-state index < -0.39 is 23.2 Å². The van der Waals surface area contributed by atoms with Gasteiger partial charge in [-0.15, -0.1) is 0 Å². The van der Waals surface area contributed by atoms with Crippen molar-refractivity contribution in [3.05, 3.63) is 100 Å². The lowest BCUT2D eigenvalue weighted by Crippen LogP contribution is -2.43. The van der Waals surface area contributed by atoms with Gasteiger partial charge in [0.25, 0.3) is 5.65 Å². The fourth-order valence-electron chi connectivity index (χ4n) is 3.56. The van der Waals surface area contributed by atoms with Crippen LogP contribution >= 0.6 is 0 Å². The van der Waals surface area contributed by atoms with Gasteiger partial charge in [-0.25, -0.2) is 9.36 Å². The Morgan fingerprint density at radius 3 is 2.52 bits per heavy atom. The fraction of sp³-hybridized carbons (Fsp3) is 0.120. The SMILES string of the molecule is COc1ccc(/C=C/C[n+]2c([O-])c(-c3cccc(C(F)(F)F)c3)c(=O)n3ccccc32)cc1. The van der Waals surface area contributed by atoms with E-state index in [0.29, 0.717) is 11.4 Å². The summed E-state index contributed by atoms with van der Waals surface area (Å²) in [6.45, 7) is 0.116. The predicted molar refractivity (Wildman–Crippen MR) is 116 cm³/mol. The summed E-state index contributed by atoms with van der Waals surface area (Å²) in [5.74, 6) is 0.0485. The first-order valence-electron chi connectivity index (χ1n) is 10.0. The summed E-state index contributed by atoms with van der Waals surface area (Å²) in [5, 5.41) is 13.3. The molecule has 5 nitrogen and oxygen atoms in total. The van der Waals surface area contributed by atoms with Gasteiger partial charge in [0.05, 0.1) is 24.8 Å². The Morgan fingerprint density at radius 2 is 1.82 bits per heavy atom. The third kappa shape index (κ3) is 4.45. The van der Waals surface area contributed by atoms with Crippen LogP contribution in [0.5, 0.6) is 11.6 Å². The second kappa shape index (κ2) is 8.82. The van der Waals surface area contributed by atoms with Gasteiger partial charge in [0, 0.05) is 6.07 Å². The van der Waals surface area contributed by atoms with Crippen LogP contribution in [0.3, 0.4) is 0 Å². The normalized spacial score (nSPS) is 11.9. The lowest BCUT2D eigenvalue weighted by Gasteiger charge is -2.17. The molecule has 2 aromatic heterocycles. The van der Waals surface area contributed by atoms with E-state index in [1.807, 2.05) is 12.1 Å². The highest BCUT2D eigenvalue weighted by Gasteiger charge is 2.31. The van der Waals surface area contributed by atoms with Crippen molar-refractivity contribution in [2.45, 2.75) is 12.7 Å². The molecule has 8 heteroatoms. The van der Waals surface area contributed by atoms with Crippen LogP contribution in [0.2, 0.25) is 0 Å². The Morgan fingerprint density at radius 1 is 1.06 bits per heavy atom. The summed E-state index contributed by atoms with van der Waals surface area (Å²) in [6.07, 6.45) is 0.443. The molecule has 0 atom stereocenters. The Kier molecular flexibility index (Phi) is 5.91. The first-order valence-corrected chi connectivity index (χ1v) is 10.0. The number of benzene rings is 2. The second-order valence-electron chi connectivity index (χ2n) is 7.28. The van der Waals surface area contributed by atoms with E-state index >= 15 is 0 Å². The zero-order valence-corrected chi connectivity index (χ0v) is 17.5. The van der Waals surface area contributed by atoms with Gasteiger partial charge in [-0.05, 0) is 47.5 Å². The molecule has 0 spiro atoms. The van der Waals surface area contributed by atoms with Crippen molar-refractivity contribution in [3.63, 3.8) is 0 Å². The van der Waals surface area contributed by atoms with E-state index in [-0.39, 0.29) is 17.7 Å². The molecule has 0 saturated carbocycles. The van der Waals surface area contributed by atoms with Crippen molar-refractivity contribution in [2.75, 3.05) is 7.11 Å². The van der Waals surface area contributed by atoms with E-state index in [0.717, 1.165) is 17.7 Å². The fourth-order valence-corrected chi connectivity index (χ4v) is 3.56. The lowest BCUT2D eigenvalue weighted by molar-refractivity contribution is -0.706. The van der Waals surface area contributed by atoms with Crippen molar-refractivity contribution in [1.29, 1.82) is 0 Å². The molecule has 0 radical (unpaired) electrons. The van der Waals surface area contributed by atoms with E-state index in [1.165, 1.54) is 27.3 Å². The number of ether oxygens (including phenoxy) is 1. The lowest BCUT2D eigenvalue weighted by atomic mass is 10.0. The number of allylic oxidation sites excluding steroid dienone is 1. The number of methoxy groups -OCH3 is 1. The van der Waals surface area contributed by atoms with Crippen LogP contribution < -0.4 is 20.0 Å². The molecule has 0 amide bonds. The third-order valence-corrected chi connectivity index (χ3v) is 5.20. The number of nitrogens with zero attached hydrogens (tertiary/aromatic N) is 2. The Hall–Kier alpha value is -4.07. The number of halogens is 3. The van der Waals surface area contributed by atoms with E-state index in [4.69, 9.17) is 4.74 Å². The molecule has 168 valence electrons. The van der Waals surface area contributed by atoms with Crippen LogP contribution in [0.1, 0.15) is 11.1 Å². The summed E-state index contributed by atoms with van der Waals surface area (Å²) in [7, 11) is 1.57. The highest BCUT2D eigenvalue weighted by molar-refractivity contribution is 5.67. The number of fused-ring (bicyclic) bond motifs is 1. The standard InChI is InChI=1S/C25H19F3N2O3/c1-33-20-12-10-17(11-13-20)6-5-15-30-21-9-2-3-14-29(21)23(31)22(24(30)32)18-7-4-8-19(16-18)25(26,27)28/h2-14,16H,15H2,1H3/b6-5+. The van der Waals surface area contributed by atoms with Crippen LogP contribution in [0, 0.1) is 0 Å². The smallest absolute Gasteiger partial charge is 0.416 e. The van der Waals surface area contributed by atoms with Gasteiger partial charge in [0.2, 0.25) is 0 Å². The van der Waals surface area contributed by atoms with Gasteiger partial charge in [-0.3, -0.25) is 0 Å². The zero-order valence-electron chi connectivity index (χ0n) is 17.5. The summed E-state index contributed by atoms with van der Waals surface area (Å²) in [4.78, 5) is 13.1. The average Bonchev–Trinajstić information content (AvgIpc) is 2.81. The van der Waals surface area contributed by atoms with E-state index in [1.54, 1.807) is 49.6 Å². The first-order chi connectivity index (χ1) is 15.8. The Labute approximate surface area is 187 Å². The van der Waals surface area contributed by atoms with Gasteiger partial charge in [0.15, 0.2) is 0 Å². The molecule has 0 fully saturated rings. The van der Waals surface area contributed by atoms with Crippen LogP contribution in [0.4, 0.5) is 13.2 Å². The molecule has 0 aliphatic carbocycles. The molecule has 0 saturated heterocycles. The quantitative estimate of drug-likeness (QED) is 0.429. The van der Waals surface area contributed by atoms with Gasteiger partial charge in [-0.1, -0.05) is 36.4 Å². The molecule has 4 aromatic rings. The summed E-state index contributed by atoms with van der Waals surface area (Å²) in [6, 6.07) is 16.5. The molecule has 33 heavy (non-hydrogen) atoms. The molecule has 0 N–H and O–H groups in total. The van der Waals surface area contributed by atoms with Gasteiger partial charge in [0.1, 0.15) is 17.9 Å². The van der Waals surface area contributed by atoms with Crippen molar-refractivity contribution in [2.24, 2.45) is 0 Å². The number of aromatic nitrogens is 2. The monoisotopic (exact) mass is 452 g/mol. The average molecular weight is 452 g/mol. The van der Waals surface area contributed by atoms with E-state index in [9.17, 15) is 23.1 Å². The molecular formula is C25H19F3N2O3. The summed E-state index contributed by atoms with van der Waals surface area (Å²) < 4.78 is 47.4. The number of pyridine rings is 1. The van der Waals surface area contributed by atoms with Crippen molar-refractivity contribution >= 4 is 11.7 Å². The summed E-state index contributed by atoms with van der Waals surface area (Å²) >= 11 is 0. The van der Waals surface area contributed by atoms with Gasteiger partial charge >= 0.3 is 11.7 Å². The number of hydrogen-bond acceptors (Lipinski definition) is 3. The maximum Gasteiger partial charge on any atom is 0.416 e. The van der Waals surface area contributed by atoms with Crippen molar-refractivity contribution < 1.29 is 27.6 Å². The minimum absolute atomic E-state index is 0.0778. The zero-order chi connectivity index (χ0) is 23.6. The molecular weight excluding hydrogens is 433 g/mol. The Balaban J connectivity index is 1.82. The van der Waals surface area contributed by atoms with E-state index in [2.05, 4.69) is 0 Å². The topological polar surface area (TPSA) is 57.7 Å². The minimum Gasteiger partial charge on any atom is -0.842 e. The van der Waals surface area contributed by atoms with Crippen molar-refractivity contribution in [1.82, 2.24) is 4.40 Å². The van der Waals surface area contributed by atoms with Gasteiger partial charge < -0.3 is 9.84 Å². The van der Waals surface area contributed by atoms with Crippen LogP contribution in [-0.4, -0.2) is 11.5 Å². The predicted octanol–water partition coefficient (Wildman–Crippen LogP) is 4.07. The highest BCUT2D eigenvalue weighted by atomic mass is 19.4. The first kappa shape index (κ1) is 22.1. The molecule has 2 heterocycles. The van der Waals surface area contributed by atoms with Gasteiger partial charge in [-0.2, -0.15) is 17.6 Å². The maximum absolute atomic E-state index is 13.3. The molecule has 0 unspecified atom stereocenters. The van der Waals surface area contributed by atoms with Crippen LogP contribution in [0.25, 0.3) is 22.9 Å². The molecule has 0 bridgehead atoms. The second-order valence-corrected chi connectivity index (χ2v) is 7.28. The number of rotatable bonds is 5. The number of hydrogen-bond donors (Lipinski definition) is 0. The molecule has 0 aliphatic heterocycles. The van der Waals surface area contributed by atoms with Crippen LogP contribution in [-0.2, 0) is 12.7 Å². The van der Waals surface area contributed by atoms with Crippen molar-refractivity contribution in [3.8, 4) is 22.8 Å². The maximum atomic E-state index is 13.3. The molecule has 4 rings (SSSR count). The largest absolute Gasteiger partial charge is 0.842 e. The minimum atomic E-state index is -4.59. The highest BCUT2D eigenvalue weighted by Crippen LogP contribution is 2.32. The molecule has 0 aliphatic rings. The number of alkyl halides is 3. The molecule has 2 aromatic carbocycles.